The molecule has 4 heterocycles. The van der Waals surface area contributed by atoms with Gasteiger partial charge in [0.15, 0.2) is 11.4 Å². The van der Waals surface area contributed by atoms with Crippen LogP contribution in [0.1, 0.15) is 6.42 Å². The number of imidazole rings is 1. The number of hydrogen-bond acceptors (Lipinski definition) is 7. The third-order valence-corrected chi connectivity index (χ3v) is 3.79. The molecule has 128 valence electrons. The van der Waals surface area contributed by atoms with Crippen LogP contribution in [0.15, 0.2) is 41.1 Å². The molecule has 4 aromatic rings. The number of rotatable bonds is 6. The van der Waals surface area contributed by atoms with Crippen molar-refractivity contribution < 1.29 is 13.9 Å². The summed E-state index contributed by atoms with van der Waals surface area (Å²) in [6, 6.07) is 7.29. The Morgan fingerprint density at radius 3 is 3.00 bits per heavy atom. The highest BCUT2D eigenvalue weighted by Crippen LogP contribution is 2.32. The van der Waals surface area contributed by atoms with E-state index >= 15 is 0 Å². The monoisotopic (exact) mass is 339 g/mol. The minimum Gasteiger partial charge on any atom is -0.480 e. The summed E-state index contributed by atoms with van der Waals surface area (Å²) in [7, 11) is 1.58. The largest absolute Gasteiger partial charge is 0.480 e. The summed E-state index contributed by atoms with van der Waals surface area (Å²) < 4.78 is 18.5. The van der Waals surface area contributed by atoms with Crippen molar-refractivity contribution in [3.05, 3.63) is 36.7 Å². The number of ether oxygens (including phenoxy) is 2. The van der Waals surface area contributed by atoms with E-state index in [2.05, 4.69) is 15.1 Å². The van der Waals surface area contributed by atoms with E-state index in [9.17, 15) is 0 Å². The number of nitrogens with zero attached hydrogens (tertiary/aromatic N) is 4. The van der Waals surface area contributed by atoms with Crippen LogP contribution in [0.5, 0.6) is 11.8 Å². The molecule has 0 saturated heterocycles. The van der Waals surface area contributed by atoms with Gasteiger partial charge in [0, 0.05) is 18.3 Å². The molecule has 0 fully saturated rings. The van der Waals surface area contributed by atoms with E-state index < -0.39 is 0 Å². The zero-order valence-electron chi connectivity index (χ0n) is 13.7. The minimum absolute atomic E-state index is 0.510. The van der Waals surface area contributed by atoms with E-state index in [4.69, 9.17) is 19.6 Å². The third kappa shape index (κ3) is 2.76. The Hall–Kier alpha value is -3.13. The van der Waals surface area contributed by atoms with Crippen molar-refractivity contribution in [2.24, 2.45) is 5.73 Å². The first-order valence-electron chi connectivity index (χ1n) is 7.90. The lowest BCUT2D eigenvalue weighted by Crippen LogP contribution is -2.07. The summed E-state index contributed by atoms with van der Waals surface area (Å²) in [6.45, 7) is 1.10. The fourth-order valence-electron chi connectivity index (χ4n) is 2.59. The number of fused-ring (bicyclic) bond motifs is 2. The smallest absolute Gasteiger partial charge is 0.231 e. The van der Waals surface area contributed by atoms with Crippen molar-refractivity contribution in [2.45, 2.75) is 6.42 Å². The fraction of sp³-hybridized carbons (Fsp3) is 0.235. The summed E-state index contributed by atoms with van der Waals surface area (Å²) in [5.74, 6) is 1.65. The van der Waals surface area contributed by atoms with Gasteiger partial charge in [0.2, 0.25) is 11.8 Å². The molecule has 0 unspecified atom stereocenters. The molecular formula is C17H17N5O3. The summed E-state index contributed by atoms with van der Waals surface area (Å²) >= 11 is 0. The van der Waals surface area contributed by atoms with Crippen LogP contribution in [0.25, 0.3) is 28.1 Å². The second-order valence-corrected chi connectivity index (χ2v) is 5.42. The topological polar surface area (TPSA) is 101 Å². The van der Waals surface area contributed by atoms with E-state index in [0.29, 0.717) is 41.9 Å². The van der Waals surface area contributed by atoms with Crippen LogP contribution in [0.4, 0.5) is 0 Å². The molecule has 0 amide bonds. The Morgan fingerprint density at radius 2 is 2.16 bits per heavy atom. The lowest BCUT2D eigenvalue weighted by atomic mass is 10.3. The molecule has 0 aliphatic heterocycles. The molecular weight excluding hydrogens is 322 g/mol. The molecule has 0 aliphatic carbocycles. The lowest BCUT2D eigenvalue weighted by Gasteiger charge is -2.05. The highest BCUT2D eigenvalue weighted by molar-refractivity contribution is 5.86. The first-order chi connectivity index (χ1) is 12.3. The zero-order valence-corrected chi connectivity index (χ0v) is 13.7. The third-order valence-electron chi connectivity index (χ3n) is 3.79. The summed E-state index contributed by atoms with van der Waals surface area (Å²) in [5, 5.41) is 5.28. The molecule has 0 bridgehead atoms. The Morgan fingerprint density at radius 1 is 1.24 bits per heavy atom. The maximum atomic E-state index is 5.92. The van der Waals surface area contributed by atoms with Gasteiger partial charge in [-0.1, -0.05) is 0 Å². The van der Waals surface area contributed by atoms with Gasteiger partial charge in [-0.3, -0.25) is 0 Å². The minimum atomic E-state index is 0.510. The molecule has 2 N–H and O–H groups in total. The second kappa shape index (κ2) is 6.40. The lowest BCUT2D eigenvalue weighted by molar-refractivity contribution is 0.297. The Bertz CT molecular complexity index is 1020. The number of aromatic nitrogens is 4. The van der Waals surface area contributed by atoms with Crippen molar-refractivity contribution in [3.8, 4) is 23.2 Å². The molecule has 25 heavy (non-hydrogen) atoms. The van der Waals surface area contributed by atoms with Gasteiger partial charge in [-0.05, 0) is 25.1 Å². The molecule has 4 rings (SSSR count). The van der Waals surface area contributed by atoms with Crippen molar-refractivity contribution in [1.82, 2.24) is 19.6 Å². The molecule has 0 radical (unpaired) electrons. The van der Waals surface area contributed by atoms with Crippen LogP contribution in [0, 0.1) is 0 Å². The Kier molecular flexibility index (Phi) is 3.95. The average Bonchev–Trinajstić information content (AvgIpc) is 3.24. The summed E-state index contributed by atoms with van der Waals surface area (Å²) in [4.78, 5) is 8.55. The van der Waals surface area contributed by atoms with Crippen LogP contribution in [-0.4, -0.2) is 39.8 Å². The van der Waals surface area contributed by atoms with E-state index in [1.54, 1.807) is 36.2 Å². The zero-order chi connectivity index (χ0) is 17.2. The predicted octanol–water partition coefficient (Wildman–Crippen LogP) is 2.27. The number of methoxy groups -OCH3 is 1. The van der Waals surface area contributed by atoms with Crippen LogP contribution in [0.2, 0.25) is 0 Å². The number of pyridine rings is 1. The van der Waals surface area contributed by atoms with Crippen molar-refractivity contribution in [1.29, 1.82) is 0 Å². The predicted molar refractivity (Wildman–Crippen MR) is 91.7 cm³/mol. The highest BCUT2D eigenvalue weighted by atomic mass is 16.5. The molecule has 0 spiro atoms. The number of nitrogens with two attached hydrogens (primary N) is 1. The Labute approximate surface area is 143 Å². The van der Waals surface area contributed by atoms with Crippen LogP contribution >= 0.6 is 0 Å². The molecule has 8 heteroatoms. The second-order valence-electron chi connectivity index (χ2n) is 5.42. The maximum Gasteiger partial charge on any atom is 0.231 e. The first kappa shape index (κ1) is 15.4. The summed E-state index contributed by atoms with van der Waals surface area (Å²) in [5.41, 5.74) is 7.59. The standard InChI is InChI=1S/C17H17N5O3/c1-23-17-11-9-14(25-13(11)5-7-19-17)12-10-20-15-3-4-16(21-22(12)15)24-8-2-6-18/h3-5,7,9-10H,2,6,8,18H2,1H3. The van der Waals surface area contributed by atoms with Gasteiger partial charge in [0.25, 0.3) is 0 Å². The quantitative estimate of drug-likeness (QED) is 0.538. The number of hydrogen-bond donors (Lipinski definition) is 1. The molecule has 8 nitrogen and oxygen atoms in total. The van der Waals surface area contributed by atoms with E-state index in [1.165, 1.54) is 0 Å². The van der Waals surface area contributed by atoms with Crippen LogP contribution in [0.3, 0.4) is 0 Å². The Balaban J connectivity index is 1.77. The van der Waals surface area contributed by atoms with Crippen molar-refractivity contribution >= 4 is 16.6 Å². The molecule has 0 aromatic carbocycles. The van der Waals surface area contributed by atoms with Gasteiger partial charge in [-0.2, -0.15) is 0 Å². The maximum absolute atomic E-state index is 5.92. The van der Waals surface area contributed by atoms with Gasteiger partial charge in [-0.15, -0.1) is 5.10 Å². The number of furan rings is 1. The van der Waals surface area contributed by atoms with E-state index in [-0.39, 0.29) is 0 Å². The molecule has 4 aromatic heterocycles. The van der Waals surface area contributed by atoms with E-state index in [1.807, 2.05) is 12.1 Å². The van der Waals surface area contributed by atoms with Gasteiger partial charge >= 0.3 is 0 Å². The van der Waals surface area contributed by atoms with Gasteiger partial charge in [0.05, 0.1) is 25.3 Å². The van der Waals surface area contributed by atoms with Crippen molar-refractivity contribution in [2.75, 3.05) is 20.3 Å². The van der Waals surface area contributed by atoms with Crippen LogP contribution < -0.4 is 15.2 Å². The fourth-order valence-corrected chi connectivity index (χ4v) is 2.59. The van der Waals surface area contributed by atoms with Gasteiger partial charge in [0.1, 0.15) is 11.3 Å². The average molecular weight is 339 g/mol. The first-order valence-corrected chi connectivity index (χ1v) is 7.90. The van der Waals surface area contributed by atoms with Gasteiger partial charge in [-0.25, -0.2) is 14.5 Å². The van der Waals surface area contributed by atoms with E-state index in [0.717, 1.165) is 17.5 Å². The normalized spacial score (nSPS) is 11.3. The molecule has 0 atom stereocenters. The summed E-state index contributed by atoms with van der Waals surface area (Å²) in [6.07, 6.45) is 4.13. The molecule has 0 saturated carbocycles. The SMILES string of the molecule is COc1nccc2oc(-c3cnc4ccc(OCCCN)nn34)cc12. The highest BCUT2D eigenvalue weighted by Gasteiger charge is 2.15. The van der Waals surface area contributed by atoms with Crippen molar-refractivity contribution in [3.63, 3.8) is 0 Å². The molecule has 0 aliphatic rings. The van der Waals surface area contributed by atoms with Gasteiger partial charge < -0.3 is 19.6 Å². The van der Waals surface area contributed by atoms with Crippen LogP contribution in [-0.2, 0) is 0 Å².